The minimum absolute atomic E-state index is 0.146. The van der Waals surface area contributed by atoms with E-state index in [1.807, 2.05) is 0 Å². The van der Waals surface area contributed by atoms with Crippen LogP contribution < -0.4 is 0 Å². The summed E-state index contributed by atoms with van der Waals surface area (Å²) >= 11 is 0. The first-order valence-electron chi connectivity index (χ1n) is 17.4. The van der Waals surface area contributed by atoms with Crippen LogP contribution in [0.3, 0.4) is 0 Å². The molecule has 4 heteroatoms. The molecule has 0 saturated heterocycles. The molecular weight excluding hydrogens is 484 g/mol. The molecule has 0 amide bonds. The Morgan fingerprint density at radius 3 is 0.923 bits per heavy atom. The standard InChI is InChI=1S/C35H68O4/c1-3-5-7-9-11-13-15-17-19-21-23-26-30-35(34(38)39,32-28-25-29-33(36)37)31-27-24-22-20-18-16-14-12-10-8-6-4-2/h3-32H2,1-2H3,(H,36,37)(H,38,39). The summed E-state index contributed by atoms with van der Waals surface area (Å²) in [6.07, 6.45) is 34.5. The second kappa shape index (κ2) is 28.5. The molecule has 4 nitrogen and oxygen atoms in total. The second-order valence-electron chi connectivity index (χ2n) is 12.5. The lowest BCUT2D eigenvalue weighted by molar-refractivity contribution is -0.150. The highest BCUT2D eigenvalue weighted by atomic mass is 16.4. The highest BCUT2D eigenvalue weighted by Crippen LogP contribution is 2.38. The van der Waals surface area contributed by atoms with Gasteiger partial charge in [-0.25, -0.2) is 0 Å². The lowest BCUT2D eigenvalue weighted by atomic mass is 9.74. The van der Waals surface area contributed by atoms with Crippen molar-refractivity contribution >= 4 is 11.9 Å². The monoisotopic (exact) mass is 553 g/mol. The van der Waals surface area contributed by atoms with Crippen LogP contribution in [0.25, 0.3) is 0 Å². The SMILES string of the molecule is CCCCCCCCCCCCCCC(CCCCCCCCCCCCCC)(CCCCC(=O)O)C(=O)O. The molecular formula is C35H68O4. The molecule has 0 radical (unpaired) electrons. The molecule has 0 atom stereocenters. The van der Waals surface area contributed by atoms with Gasteiger partial charge < -0.3 is 10.2 Å². The van der Waals surface area contributed by atoms with Crippen molar-refractivity contribution in [3.8, 4) is 0 Å². The molecule has 0 unspecified atom stereocenters. The Morgan fingerprint density at radius 2 is 0.667 bits per heavy atom. The van der Waals surface area contributed by atoms with E-state index in [1.165, 1.54) is 128 Å². The third-order valence-corrected chi connectivity index (χ3v) is 8.77. The Labute approximate surface area is 243 Å². The van der Waals surface area contributed by atoms with Crippen LogP contribution in [0.1, 0.15) is 206 Å². The average molecular weight is 553 g/mol. The van der Waals surface area contributed by atoms with Gasteiger partial charge in [-0.2, -0.15) is 0 Å². The molecule has 0 heterocycles. The summed E-state index contributed by atoms with van der Waals surface area (Å²) in [5.41, 5.74) is -0.657. The van der Waals surface area contributed by atoms with Crippen molar-refractivity contribution < 1.29 is 19.8 Å². The van der Waals surface area contributed by atoms with Gasteiger partial charge in [0.15, 0.2) is 0 Å². The van der Waals surface area contributed by atoms with Gasteiger partial charge in [-0.3, -0.25) is 9.59 Å². The van der Waals surface area contributed by atoms with Gasteiger partial charge in [-0.05, 0) is 25.7 Å². The summed E-state index contributed by atoms with van der Waals surface area (Å²) in [7, 11) is 0. The number of unbranched alkanes of at least 4 members (excludes halogenated alkanes) is 23. The molecule has 0 aliphatic carbocycles. The van der Waals surface area contributed by atoms with Crippen LogP contribution in [0.15, 0.2) is 0 Å². The van der Waals surface area contributed by atoms with E-state index in [-0.39, 0.29) is 6.42 Å². The Balaban J connectivity index is 4.25. The molecule has 39 heavy (non-hydrogen) atoms. The zero-order valence-corrected chi connectivity index (χ0v) is 26.4. The van der Waals surface area contributed by atoms with Gasteiger partial charge in [-0.1, -0.05) is 174 Å². The molecule has 0 saturated carbocycles. The number of carboxylic acid groups (broad SMARTS) is 2. The van der Waals surface area contributed by atoms with Crippen LogP contribution in [-0.2, 0) is 9.59 Å². The number of hydrogen-bond donors (Lipinski definition) is 2. The van der Waals surface area contributed by atoms with E-state index in [1.54, 1.807) is 0 Å². The average Bonchev–Trinajstić information content (AvgIpc) is 2.91. The number of aliphatic carboxylic acids is 2. The fourth-order valence-electron chi connectivity index (χ4n) is 6.04. The molecule has 0 rings (SSSR count). The maximum atomic E-state index is 12.5. The van der Waals surface area contributed by atoms with Crippen LogP contribution in [0.4, 0.5) is 0 Å². The number of carbonyl (C=O) groups is 2. The Kier molecular flexibility index (Phi) is 27.7. The van der Waals surface area contributed by atoms with Gasteiger partial charge >= 0.3 is 11.9 Å². The molecule has 0 spiro atoms. The smallest absolute Gasteiger partial charge is 0.309 e. The van der Waals surface area contributed by atoms with Crippen LogP contribution >= 0.6 is 0 Å². The highest BCUT2D eigenvalue weighted by molar-refractivity contribution is 5.74. The van der Waals surface area contributed by atoms with E-state index in [4.69, 9.17) is 5.11 Å². The second-order valence-corrected chi connectivity index (χ2v) is 12.5. The number of carboxylic acids is 2. The van der Waals surface area contributed by atoms with Gasteiger partial charge in [-0.15, -0.1) is 0 Å². The van der Waals surface area contributed by atoms with E-state index in [0.717, 1.165) is 38.5 Å². The predicted molar refractivity (Wildman–Crippen MR) is 168 cm³/mol. The largest absolute Gasteiger partial charge is 0.481 e. The predicted octanol–water partition coefficient (Wildman–Crippen LogP) is 11.9. The van der Waals surface area contributed by atoms with E-state index in [0.29, 0.717) is 19.3 Å². The molecule has 0 aromatic heterocycles. The van der Waals surface area contributed by atoms with Gasteiger partial charge in [0, 0.05) is 6.42 Å². The van der Waals surface area contributed by atoms with Crippen molar-refractivity contribution in [3.63, 3.8) is 0 Å². The van der Waals surface area contributed by atoms with Crippen molar-refractivity contribution in [2.45, 2.75) is 206 Å². The Morgan fingerprint density at radius 1 is 0.410 bits per heavy atom. The molecule has 0 aliphatic heterocycles. The molecule has 0 fully saturated rings. The lowest BCUT2D eigenvalue weighted by Gasteiger charge is -2.30. The van der Waals surface area contributed by atoms with Gasteiger partial charge in [0.2, 0.25) is 0 Å². The molecule has 0 bridgehead atoms. The van der Waals surface area contributed by atoms with Crippen molar-refractivity contribution in [1.29, 1.82) is 0 Å². The molecule has 0 aromatic carbocycles. The van der Waals surface area contributed by atoms with E-state index in [9.17, 15) is 14.7 Å². The maximum absolute atomic E-state index is 12.5. The first-order valence-corrected chi connectivity index (χ1v) is 17.4. The molecule has 0 aliphatic rings. The summed E-state index contributed by atoms with van der Waals surface area (Å²) in [6, 6.07) is 0. The van der Waals surface area contributed by atoms with Crippen molar-refractivity contribution in [2.24, 2.45) is 5.41 Å². The van der Waals surface area contributed by atoms with Crippen molar-refractivity contribution in [3.05, 3.63) is 0 Å². The maximum Gasteiger partial charge on any atom is 0.309 e. The summed E-state index contributed by atoms with van der Waals surface area (Å²) in [6.45, 7) is 4.53. The van der Waals surface area contributed by atoms with Gasteiger partial charge in [0.05, 0.1) is 5.41 Å². The summed E-state index contributed by atoms with van der Waals surface area (Å²) in [4.78, 5) is 23.4. The van der Waals surface area contributed by atoms with Crippen LogP contribution in [0.2, 0.25) is 0 Å². The lowest BCUT2D eigenvalue weighted by Crippen LogP contribution is -2.31. The quantitative estimate of drug-likeness (QED) is 0.0814. The first kappa shape index (κ1) is 37.9. The summed E-state index contributed by atoms with van der Waals surface area (Å²) < 4.78 is 0. The molecule has 0 aromatic rings. The van der Waals surface area contributed by atoms with Crippen molar-refractivity contribution in [1.82, 2.24) is 0 Å². The van der Waals surface area contributed by atoms with E-state index >= 15 is 0 Å². The summed E-state index contributed by atoms with van der Waals surface area (Å²) in [5, 5.41) is 19.3. The third-order valence-electron chi connectivity index (χ3n) is 8.77. The molecule has 2 N–H and O–H groups in total. The minimum atomic E-state index is -0.780. The molecule has 232 valence electrons. The van der Waals surface area contributed by atoms with E-state index in [2.05, 4.69) is 13.8 Å². The fraction of sp³-hybridized carbons (Fsp3) is 0.943. The van der Waals surface area contributed by atoms with Gasteiger partial charge in [0.25, 0.3) is 0 Å². The Bertz CT molecular complexity index is 517. The van der Waals surface area contributed by atoms with Gasteiger partial charge in [0.1, 0.15) is 0 Å². The van der Waals surface area contributed by atoms with E-state index < -0.39 is 17.4 Å². The topological polar surface area (TPSA) is 74.6 Å². The normalized spacial score (nSPS) is 11.7. The highest BCUT2D eigenvalue weighted by Gasteiger charge is 2.36. The number of hydrogen-bond acceptors (Lipinski definition) is 2. The zero-order chi connectivity index (χ0) is 28.9. The van der Waals surface area contributed by atoms with Crippen LogP contribution in [0, 0.1) is 5.41 Å². The fourth-order valence-corrected chi connectivity index (χ4v) is 6.04. The van der Waals surface area contributed by atoms with Crippen molar-refractivity contribution in [2.75, 3.05) is 0 Å². The van der Waals surface area contributed by atoms with Crippen LogP contribution in [0.5, 0.6) is 0 Å². The van der Waals surface area contributed by atoms with Crippen LogP contribution in [-0.4, -0.2) is 22.2 Å². The minimum Gasteiger partial charge on any atom is -0.481 e. The number of rotatable bonds is 32. The summed E-state index contributed by atoms with van der Waals surface area (Å²) in [5.74, 6) is -1.43. The zero-order valence-electron chi connectivity index (χ0n) is 26.4. The Hall–Kier alpha value is -1.06. The first-order chi connectivity index (χ1) is 19.0. The third kappa shape index (κ3) is 24.5.